The van der Waals surface area contributed by atoms with Gasteiger partial charge in [-0.2, -0.15) is 18.6 Å². The van der Waals surface area contributed by atoms with Crippen LogP contribution < -0.4 is 4.57 Å². The zero-order valence-electron chi connectivity index (χ0n) is 24.3. The molecule has 0 saturated carbocycles. The summed E-state index contributed by atoms with van der Waals surface area (Å²) in [5.41, 5.74) is 12.5. The molecule has 0 unspecified atom stereocenters. The van der Waals surface area contributed by atoms with Gasteiger partial charge in [0.05, 0.1) is 17.5 Å². The monoisotopic (exact) mass is 746 g/mol. The molecule has 0 atom stereocenters. The van der Waals surface area contributed by atoms with E-state index in [0.29, 0.717) is 5.71 Å². The van der Waals surface area contributed by atoms with E-state index < -0.39 is 0 Å². The van der Waals surface area contributed by atoms with Crippen LogP contribution in [0.5, 0.6) is 0 Å². The molecule has 0 N–H and O–H groups in total. The fraction of sp³-hybridized carbons (Fsp3) is 0.139. The zero-order valence-corrected chi connectivity index (χ0v) is 27.5. The summed E-state index contributed by atoms with van der Waals surface area (Å²) in [7, 11) is 4.05. The fourth-order valence-corrected chi connectivity index (χ4v) is 6.05. The van der Waals surface area contributed by atoms with Gasteiger partial charge in [-0.1, -0.05) is 41.6 Å². The van der Waals surface area contributed by atoms with Gasteiger partial charge < -0.3 is 14.0 Å². The van der Waals surface area contributed by atoms with Crippen LogP contribution in [0.1, 0.15) is 33.5 Å². The van der Waals surface area contributed by atoms with Crippen LogP contribution in [-0.4, -0.2) is 9.97 Å². The third-order valence-corrected chi connectivity index (χ3v) is 8.58. The third-order valence-electron chi connectivity index (χ3n) is 7.52. The van der Waals surface area contributed by atoms with Crippen molar-refractivity contribution in [2.45, 2.75) is 34.6 Å². The number of hydrogen-bond acceptors (Lipinski definition) is 4. The molecule has 0 radical (unpaired) electrons. The summed E-state index contributed by atoms with van der Waals surface area (Å²) in [5.74, 6) is 0. The fourth-order valence-electron chi connectivity index (χ4n) is 5.10. The van der Waals surface area contributed by atoms with Gasteiger partial charge in [-0.25, -0.2) is 4.98 Å². The van der Waals surface area contributed by atoms with Crippen LogP contribution in [0.3, 0.4) is 0 Å². The molecule has 2 aromatic carbocycles. The van der Waals surface area contributed by atoms with Gasteiger partial charge in [-0.05, 0) is 62.0 Å². The van der Waals surface area contributed by atoms with E-state index in [1.807, 2.05) is 35.9 Å². The molecule has 0 aliphatic heterocycles. The maximum atomic E-state index is 6.06. The molecule has 7 aromatic rings. The van der Waals surface area contributed by atoms with Gasteiger partial charge in [0.2, 0.25) is 5.71 Å². The van der Waals surface area contributed by atoms with Gasteiger partial charge in [-0.15, -0.1) is 46.7 Å². The Kier molecular flexibility index (Phi) is 8.25. The van der Waals surface area contributed by atoms with Crippen LogP contribution in [0.4, 0.5) is 0 Å². The first-order chi connectivity index (χ1) is 19.7. The number of pyridine rings is 3. The molecule has 0 spiro atoms. The van der Waals surface area contributed by atoms with Crippen LogP contribution in [0.15, 0.2) is 76.8 Å². The van der Waals surface area contributed by atoms with Crippen molar-refractivity contribution in [2.75, 3.05) is 0 Å². The third kappa shape index (κ3) is 5.46. The van der Waals surface area contributed by atoms with E-state index in [1.165, 1.54) is 32.3 Å². The minimum Gasteiger partial charge on any atom is -0.486 e. The Labute approximate surface area is 264 Å². The molecule has 0 saturated heterocycles. The van der Waals surface area contributed by atoms with Gasteiger partial charge in [0.1, 0.15) is 0 Å². The van der Waals surface area contributed by atoms with E-state index in [1.54, 1.807) is 11.3 Å². The molecule has 42 heavy (non-hydrogen) atoms. The Hall–Kier alpha value is -3.96. The van der Waals surface area contributed by atoms with Crippen molar-refractivity contribution in [3.05, 3.63) is 126 Å². The summed E-state index contributed by atoms with van der Waals surface area (Å²) in [6.45, 7) is 14.5. The number of aryl methyl sites for hydroxylation is 5. The van der Waals surface area contributed by atoms with Gasteiger partial charge in [0.15, 0.2) is 0 Å². The average molecular weight is 746 g/mol. The van der Waals surface area contributed by atoms with E-state index in [2.05, 4.69) is 106 Å². The second-order valence-corrected chi connectivity index (χ2v) is 11.6. The second-order valence-electron chi connectivity index (χ2n) is 10.6. The Balaban J connectivity index is 0.000000174. The van der Waals surface area contributed by atoms with Gasteiger partial charge in [0.25, 0.3) is 0 Å². The van der Waals surface area contributed by atoms with Crippen LogP contribution in [-0.2, 0) is 20.1 Å². The number of fused-ring (bicyclic) bond motifs is 4. The van der Waals surface area contributed by atoms with Crippen molar-refractivity contribution >= 4 is 43.5 Å². The smallest absolute Gasteiger partial charge is 0.486 e. The molecule has 6 heteroatoms. The normalized spacial score (nSPS) is 11.0. The number of rotatable bonds is 2. The maximum Gasteiger partial charge on any atom is 3.00 e. The van der Waals surface area contributed by atoms with Gasteiger partial charge >= 0.3 is 20.1 Å². The Morgan fingerprint density at radius 3 is 2.48 bits per heavy atom. The molecule has 4 nitrogen and oxygen atoms in total. The largest absolute Gasteiger partial charge is 3.00 e. The Bertz CT molecular complexity index is 2090. The Morgan fingerprint density at radius 1 is 0.881 bits per heavy atom. The van der Waals surface area contributed by atoms with Crippen molar-refractivity contribution in [3.63, 3.8) is 0 Å². The molecule has 7 rings (SSSR count). The molecular weight excluding hydrogens is 715 g/mol. The van der Waals surface area contributed by atoms with Crippen LogP contribution in [0, 0.1) is 54.7 Å². The first-order valence-electron chi connectivity index (χ1n) is 13.5. The number of thiophene rings is 1. The predicted octanol–water partition coefficient (Wildman–Crippen LogP) is 9.06. The first-order valence-corrected chi connectivity index (χ1v) is 14.4. The van der Waals surface area contributed by atoms with Gasteiger partial charge in [0, 0.05) is 34.4 Å². The van der Waals surface area contributed by atoms with Crippen molar-refractivity contribution in [1.29, 1.82) is 0 Å². The molecule has 210 valence electrons. The molecule has 5 aromatic heterocycles. The van der Waals surface area contributed by atoms with Crippen LogP contribution >= 0.6 is 11.3 Å². The van der Waals surface area contributed by atoms with E-state index in [-0.39, 0.29) is 20.1 Å². The molecule has 0 fully saturated rings. The van der Waals surface area contributed by atoms with Crippen molar-refractivity contribution in [1.82, 2.24) is 9.97 Å². The number of benzene rings is 2. The zero-order chi connectivity index (χ0) is 28.8. The van der Waals surface area contributed by atoms with E-state index in [4.69, 9.17) is 4.42 Å². The molecule has 5 heterocycles. The minimum atomic E-state index is 0. The van der Waals surface area contributed by atoms with Crippen LogP contribution in [0.2, 0.25) is 0 Å². The first kappa shape index (κ1) is 29.5. The summed E-state index contributed by atoms with van der Waals surface area (Å²) in [6.07, 6.45) is 4.00. The quantitative estimate of drug-likeness (QED) is 0.131. The van der Waals surface area contributed by atoms with Gasteiger partial charge in [-0.3, -0.25) is 0 Å². The number of aromatic nitrogens is 3. The SMILES string of the molecule is Cc1ccc2c(n1)oc1c(-c3cc4scc(C)c4cn3)[c-]ccc12.[CH2-]c1cc(C)ccc1-c1cc(C)c(C)c[n+]1[CH2-].[Ir+3]. The molecule has 0 amide bonds. The maximum absolute atomic E-state index is 6.06. The van der Waals surface area contributed by atoms with Crippen molar-refractivity contribution in [3.8, 4) is 22.5 Å². The van der Waals surface area contributed by atoms with E-state index >= 15 is 0 Å². The number of furan rings is 1. The summed E-state index contributed by atoms with van der Waals surface area (Å²) >= 11 is 1.74. The average Bonchev–Trinajstić information content (AvgIpc) is 3.50. The predicted molar refractivity (Wildman–Crippen MR) is 170 cm³/mol. The summed E-state index contributed by atoms with van der Waals surface area (Å²) in [6, 6.07) is 21.9. The molecule has 0 aliphatic carbocycles. The van der Waals surface area contributed by atoms with E-state index in [0.717, 1.165) is 50.1 Å². The summed E-state index contributed by atoms with van der Waals surface area (Å²) < 4.78 is 9.21. The minimum absolute atomic E-state index is 0. The number of hydrogen-bond donors (Lipinski definition) is 0. The van der Waals surface area contributed by atoms with Crippen LogP contribution in [0.25, 0.3) is 54.7 Å². The molecule has 0 aliphatic rings. The van der Waals surface area contributed by atoms with Crippen molar-refractivity contribution in [2.24, 2.45) is 0 Å². The topological polar surface area (TPSA) is 42.8 Å². The summed E-state index contributed by atoms with van der Waals surface area (Å²) in [5, 5.41) is 5.45. The molecular formula is C36H31IrN3OS+. The second kappa shape index (κ2) is 11.7. The number of nitrogens with zero attached hydrogens (tertiary/aromatic N) is 3. The Morgan fingerprint density at radius 2 is 1.69 bits per heavy atom. The summed E-state index contributed by atoms with van der Waals surface area (Å²) in [4.78, 5) is 9.15. The van der Waals surface area contributed by atoms with E-state index in [9.17, 15) is 0 Å². The standard InChI is InChI=1S/C20H13N2OS.C16H18N.Ir/c1-11-10-24-18-8-17(21-9-16(11)18)15-5-3-4-13-14-7-6-12(2)22-20(14)23-19(13)15;1-11-6-7-15(13(3)8-11)16-9-12(2)14(4)10-17(16)5;/h3-4,6-10H,1-2H3;6-10H,3,5H2,1-2,4H3;/q2*-1;+3. The van der Waals surface area contributed by atoms with Crippen molar-refractivity contribution < 1.29 is 29.1 Å². The molecule has 0 bridgehead atoms.